The zero-order chi connectivity index (χ0) is 16.4. The number of hydrogen-bond acceptors (Lipinski definition) is 4. The normalized spacial score (nSPS) is 22.4. The van der Waals surface area contributed by atoms with Crippen LogP contribution in [0.5, 0.6) is 0 Å². The van der Waals surface area contributed by atoms with E-state index in [1.54, 1.807) is 11.9 Å². The fraction of sp³-hybridized carbons (Fsp3) is 0.588. The molecule has 1 atom stereocenters. The van der Waals surface area contributed by atoms with Gasteiger partial charge in [0.15, 0.2) is 9.84 Å². The van der Waals surface area contributed by atoms with Crippen molar-refractivity contribution < 1.29 is 13.2 Å². The molecule has 23 heavy (non-hydrogen) atoms. The molecule has 1 saturated heterocycles. The molecule has 0 aromatic heterocycles. The van der Waals surface area contributed by atoms with Gasteiger partial charge in [-0.25, -0.2) is 8.42 Å². The Morgan fingerprint density at radius 3 is 2.83 bits per heavy atom. The first-order chi connectivity index (χ1) is 11.0. The van der Waals surface area contributed by atoms with Crippen molar-refractivity contribution in [1.29, 1.82) is 0 Å². The Hall–Kier alpha value is -1.56. The summed E-state index contributed by atoms with van der Waals surface area (Å²) in [6.07, 6.45) is 5.14. The van der Waals surface area contributed by atoms with E-state index in [9.17, 15) is 13.2 Å². The summed E-state index contributed by atoms with van der Waals surface area (Å²) in [6.45, 7) is 0.212. The van der Waals surface area contributed by atoms with E-state index in [0.29, 0.717) is 6.42 Å². The van der Waals surface area contributed by atoms with E-state index >= 15 is 0 Å². The van der Waals surface area contributed by atoms with Crippen molar-refractivity contribution in [2.45, 2.75) is 38.1 Å². The number of carbonyl (C=O) groups excluding carboxylic acids is 1. The first-order valence-corrected chi connectivity index (χ1v) is 10.1. The van der Waals surface area contributed by atoms with Crippen LogP contribution in [0.15, 0.2) is 18.2 Å². The van der Waals surface area contributed by atoms with Crippen LogP contribution in [-0.2, 0) is 27.5 Å². The van der Waals surface area contributed by atoms with Gasteiger partial charge in [-0.2, -0.15) is 0 Å². The van der Waals surface area contributed by atoms with E-state index in [2.05, 4.69) is 11.4 Å². The third kappa shape index (κ3) is 3.68. The van der Waals surface area contributed by atoms with Gasteiger partial charge in [0, 0.05) is 18.8 Å². The predicted molar refractivity (Wildman–Crippen MR) is 91.4 cm³/mol. The maximum atomic E-state index is 12.4. The summed E-state index contributed by atoms with van der Waals surface area (Å²) in [5.74, 6) is 0.228. The van der Waals surface area contributed by atoms with Crippen LogP contribution in [0.2, 0.25) is 0 Å². The third-order valence-corrected chi connectivity index (χ3v) is 6.73. The SMILES string of the molecule is CN(C(=O)CNc1cccc2c1CCCC2)[C@H]1CCS(=O)(=O)C1. The van der Waals surface area contributed by atoms with Crippen LogP contribution < -0.4 is 5.32 Å². The lowest BCUT2D eigenvalue weighted by Gasteiger charge is -2.25. The van der Waals surface area contributed by atoms with Crippen LogP contribution in [-0.4, -0.2) is 50.4 Å². The average Bonchev–Trinajstić information content (AvgIpc) is 2.91. The minimum absolute atomic E-state index is 0.0551. The van der Waals surface area contributed by atoms with E-state index < -0.39 is 9.84 Å². The van der Waals surface area contributed by atoms with Gasteiger partial charge in [0.25, 0.3) is 0 Å². The second-order valence-electron chi connectivity index (χ2n) is 6.57. The second-order valence-corrected chi connectivity index (χ2v) is 8.79. The molecular weight excluding hydrogens is 312 g/mol. The molecule has 1 aromatic rings. The van der Waals surface area contributed by atoms with Crippen molar-refractivity contribution in [3.05, 3.63) is 29.3 Å². The van der Waals surface area contributed by atoms with Gasteiger partial charge >= 0.3 is 0 Å². The highest BCUT2D eigenvalue weighted by atomic mass is 32.2. The van der Waals surface area contributed by atoms with Crippen LogP contribution in [0.3, 0.4) is 0 Å². The summed E-state index contributed by atoms with van der Waals surface area (Å²) >= 11 is 0. The van der Waals surface area contributed by atoms with E-state index in [1.807, 2.05) is 12.1 Å². The Balaban J connectivity index is 1.61. The number of benzene rings is 1. The first-order valence-electron chi connectivity index (χ1n) is 8.27. The Bertz CT molecular complexity index is 700. The molecule has 0 spiro atoms. The van der Waals surface area contributed by atoms with Crippen molar-refractivity contribution in [2.24, 2.45) is 0 Å². The minimum atomic E-state index is -2.97. The number of likely N-dealkylation sites (N-methyl/N-ethyl adjacent to an activating group) is 1. The molecule has 2 aliphatic rings. The molecule has 0 unspecified atom stereocenters. The zero-order valence-corrected chi connectivity index (χ0v) is 14.4. The average molecular weight is 336 g/mol. The summed E-state index contributed by atoms with van der Waals surface area (Å²) < 4.78 is 23.1. The monoisotopic (exact) mass is 336 g/mol. The topological polar surface area (TPSA) is 66.5 Å². The van der Waals surface area contributed by atoms with Gasteiger partial charge in [-0.1, -0.05) is 12.1 Å². The molecule has 0 saturated carbocycles. The lowest BCUT2D eigenvalue weighted by atomic mass is 9.90. The minimum Gasteiger partial charge on any atom is -0.376 e. The van der Waals surface area contributed by atoms with Gasteiger partial charge in [0.1, 0.15) is 0 Å². The molecule has 3 rings (SSSR count). The first kappa shape index (κ1) is 16.3. The molecule has 0 bridgehead atoms. The third-order valence-electron chi connectivity index (χ3n) is 4.98. The van der Waals surface area contributed by atoms with Gasteiger partial charge < -0.3 is 10.2 Å². The molecule has 126 valence electrons. The Labute approximate surface area is 138 Å². The predicted octanol–water partition coefficient (Wildman–Crippen LogP) is 1.62. The van der Waals surface area contributed by atoms with Crippen molar-refractivity contribution in [2.75, 3.05) is 30.4 Å². The number of amides is 1. The van der Waals surface area contributed by atoms with E-state index in [1.165, 1.54) is 24.0 Å². The van der Waals surface area contributed by atoms with Gasteiger partial charge in [-0.3, -0.25) is 4.79 Å². The number of aryl methyl sites for hydroxylation is 1. The summed E-state index contributed by atoms with van der Waals surface area (Å²) in [7, 11) is -1.26. The number of fused-ring (bicyclic) bond motifs is 1. The maximum absolute atomic E-state index is 12.4. The fourth-order valence-corrected chi connectivity index (χ4v) is 5.30. The summed E-state index contributed by atoms with van der Waals surface area (Å²) in [4.78, 5) is 13.9. The van der Waals surface area contributed by atoms with Gasteiger partial charge in [-0.05, 0) is 49.3 Å². The highest BCUT2D eigenvalue weighted by molar-refractivity contribution is 7.91. The van der Waals surface area contributed by atoms with E-state index in [0.717, 1.165) is 18.5 Å². The Kier molecular flexibility index (Phi) is 4.62. The molecule has 6 heteroatoms. The zero-order valence-electron chi connectivity index (χ0n) is 13.5. The highest BCUT2D eigenvalue weighted by Crippen LogP contribution is 2.27. The molecule has 1 amide bonds. The van der Waals surface area contributed by atoms with Gasteiger partial charge in [-0.15, -0.1) is 0 Å². The number of sulfone groups is 1. The maximum Gasteiger partial charge on any atom is 0.241 e. The quantitative estimate of drug-likeness (QED) is 0.907. The molecule has 1 N–H and O–H groups in total. The second kappa shape index (κ2) is 6.51. The van der Waals surface area contributed by atoms with Crippen molar-refractivity contribution in [3.8, 4) is 0 Å². The molecule has 5 nitrogen and oxygen atoms in total. The number of anilines is 1. The van der Waals surface area contributed by atoms with E-state index in [-0.39, 0.29) is 30.0 Å². The van der Waals surface area contributed by atoms with Crippen molar-refractivity contribution in [3.63, 3.8) is 0 Å². The van der Waals surface area contributed by atoms with Crippen LogP contribution in [0.4, 0.5) is 5.69 Å². The summed E-state index contributed by atoms with van der Waals surface area (Å²) in [5.41, 5.74) is 3.75. The number of rotatable bonds is 4. The molecule has 1 aliphatic heterocycles. The molecule has 0 radical (unpaired) electrons. The van der Waals surface area contributed by atoms with E-state index in [4.69, 9.17) is 0 Å². The standard InChI is InChI=1S/C17H24N2O3S/c1-19(14-9-10-23(21,22)12-14)17(20)11-18-16-8-4-6-13-5-2-3-7-15(13)16/h4,6,8,14,18H,2-3,5,7,9-12H2,1H3/t14-/m0/s1. The summed E-state index contributed by atoms with van der Waals surface area (Å²) in [5, 5.41) is 3.26. The van der Waals surface area contributed by atoms with Gasteiger partial charge in [0.05, 0.1) is 18.1 Å². The van der Waals surface area contributed by atoms with Crippen molar-refractivity contribution >= 4 is 21.4 Å². The van der Waals surface area contributed by atoms with Crippen LogP contribution >= 0.6 is 0 Å². The Morgan fingerprint density at radius 1 is 1.30 bits per heavy atom. The molecule has 1 aliphatic carbocycles. The van der Waals surface area contributed by atoms with Crippen LogP contribution in [0, 0.1) is 0 Å². The lowest BCUT2D eigenvalue weighted by molar-refractivity contribution is -0.129. The summed E-state index contributed by atoms with van der Waals surface area (Å²) in [6, 6.07) is 6.04. The Morgan fingerprint density at radius 2 is 2.09 bits per heavy atom. The number of carbonyl (C=O) groups is 1. The van der Waals surface area contributed by atoms with Crippen molar-refractivity contribution in [1.82, 2.24) is 4.90 Å². The smallest absolute Gasteiger partial charge is 0.241 e. The fourth-order valence-electron chi connectivity index (χ4n) is 3.53. The largest absolute Gasteiger partial charge is 0.376 e. The molecule has 1 aromatic carbocycles. The van der Waals surface area contributed by atoms with Crippen LogP contribution in [0.25, 0.3) is 0 Å². The van der Waals surface area contributed by atoms with Gasteiger partial charge in [0.2, 0.25) is 5.91 Å². The highest BCUT2D eigenvalue weighted by Gasteiger charge is 2.32. The molecule has 1 heterocycles. The number of nitrogens with one attached hydrogen (secondary N) is 1. The molecule has 1 fully saturated rings. The number of hydrogen-bond donors (Lipinski definition) is 1. The molecular formula is C17H24N2O3S. The lowest BCUT2D eigenvalue weighted by Crippen LogP contribution is -2.41. The van der Waals surface area contributed by atoms with Crippen LogP contribution in [0.1, 0.15) is 30.4 Å². The number of nitrogens with zero attached hydrogens (tertiary/aromatic N) is 1.